The highest BCUT2D eigenvalue weighted by Crippen LogP contribution is 2.24. The quantitative estimate of drug-likeness (QED) is 0.728. The molecule has 2 rings (SSSR count). The monoisotopic (exact) mass is 313 g/mol. The molecule has 1 aliphatic heterocycles. The molecule has 0 aromatic heterocycles. The second-order valence-corrected chi connectivity index (χ2v) is 6.17. The van der Waals surface area contributed by atoms with Crippen LogP contribution in [-0.2, 0) is 0 Å². The van der Waals surface area contributed by atoms with Gasteiger partial charge in [0.15, 0.2) is 0 Å². The lowest BCUT2D eigenvalue weighted by molar-refractivity contribution is 0.0690. The first kappa shape index (κ1) is 13.5. The van der Waals surface area contributed by atoms with Gasteiger partial charge in [-0.1, -0.05) is 28.9 Å². The minimum absolute atomic E-state index is 0.0693. The summed E-state index contributed by atoms with van der Waals surface area (Å²) < 4.78 is 13.5. The van der Waals surface area contributed by atoms with E-state index in [1.807, 2.05) is 4.90 Å². The number of benzene rings is 1. The number of carbonyl (C=O) groups excluding carboxylic acids is 1. The third-order valence-electron chi connectivity index (χ3n) is 3.51. The van der Waals surface area contributed by atoms with Crippen LogP contribution in [-0.4, -0.2) is 28.7 Å². The number of piperidine rings is 1. The molecule has 1 fully saturated rings. The van der Waals surface area contributed by atoms with Crippen LogP contribution < -0.4 is 0 Å². The molecule has 1 amide bonds. The highest BCUT2D eigenvalue weighted by molar-refractivity contribution is 9.09. The molecule has 4 heteroatoms. The van der Waals surface area contributed by atoms with Crippen molar-refractivity contribution in [1.29, 1.82) is 0 Å². The summed E-state index contributed by atoms with van der Waals surface area (Å²) in [4.78, 5) is 14.5. The lowest BCUT2D eigenvalue weighted by Crippen LogP contribution is -2.43. The molecule has 1 saturated heterocycles. The normalized spacial score (nSPS) is 24.1. The zero-order valence-electron chi connectivity index (χ0n) is 10.6. The van der Waals surface area contributed by atoms with Gasteiger partial charge in [0, 0.05) is 23.5 Å². The Balaban J connectivity index is 2.14. The molecule has 0 N–H and O–H groups in total. The van der Waals surface area contributed by atoms with Crippen molar-refractivity contribution < 1.29 is 9.18 Å². The Bertz CT molecular complexity index is 463. The molecule has 18 heavy (non-hydrogen) atoms. The van der Waals surface area contributed by atoms with Crippen LogP contribution in [0.15, 0.2) is 18.2 Å². The summed E-state index contributed by atoms with van der Waals surface area (Å²) in [6, 6.07) is 4.69. The van der Waals surface area contributed by atoms with Crippen LogP contribution in [0.25, 0.3) is 0 Å². The summed E-state index contributed by atoms with van der Waals surface area (Å²) in [5.41, 5.74) is 1.01. The lowest BCUT2D eigenvalue weighted by atomic mass is 9.99. The fourth-order valence-corrected chi connectivity index (χ4v) is 2.58. The predicted octanol–water partition coefficient (Wildman–Crippen LogP) is 3.38. The van der Waals surface area contributed by atoms with Crippen LogP contribution in [0, 0.1) is 18.7 Å². The van der Waals surface area contributed by atoms with E-state index in [0.717, 1.165) is 19.5 Å². The van der Waals surface area contributed by atoms with E-state index in [9.17, 15) is 9.18 Å². The average Bonchev–Trinajstić information content (AvgIpc) is 2.35. The van der Waals surface area contributed by atoms with Crippen LogP contribution in [0.1, 0.15) is 29.3 Å². The summed E-state index contributed by atoms with van der Waals surface area (Å²) in [5, 5.41) is 0. The van der Waals surface area contributed by atoms with Crippen LogP contribution >= 0.6 is 15.9 Å². The van der Waals surface area contributed by atoms with Gasteiger partial charge in [0.05, 0.1) is 0 Å². The van der Waals surface area contributed by atoms with E-state index < -0.39 is 0 Å². The molecule has 0 bridgehead atoms. The number of alkyl halides is 1. The summed E-state index contributed by atoms with van der Waals surface area (Å²) in [6.07, 6.45) is 0.946. The fraction of sp³-hybridized carbons (Fsp3) is 0.500. The highest BCUT2D eigenvalue weighted by atomic mass is 79.9. The van der Waals surface area contributed by atoms with Crippen LogP contribution in [0.2, 0.25) is 0 Å². The van der Waals surface area contributed by atoms with Gasteiger partial charge in [0.1, 0.15) is 5.82 Å². The number of nitrogens with zero attached hydrogens (tertiary/aromatic N) is 1. The first-order chi connectivity index (χ1) is 8.49. The van der Waals surface area contributed by atoms with Crippen molar-refractivity contribution in [2.45, 2.75) is 25.1 Å². The Labute approximate surface area is 115 Å². The van der Waals surface area contributed by atoms with E-state index in [-0.39, 0.29) is 11.7 Å². The Morgan fingerprint density at radius 1 is 1.50 bits per heavy atom. The minimum Gasteiger partial charge on any atom is -0.338 e. The van der Waals surface area contributed by atoms with Crippen molar-refractivity contribution in [1.82, 2.24) is 4.90 Å². The molecule has 1 aromatic rings. The summed E-state index contributed by atoms with van der Waals surface area (Å²) in [5.74, 6) is 0.0439. The number of amides is 1. The molecule has 0 saturated carbocycles. The largest absolute Gasteiger partial charge is 0.338 e. The van der Waals surface area contributed by atoms with Gasteiger partial charge in [0.2, 0.25) is 0 Å². The van der Waals surface area contributed by atoms with Crippen molar-refractivity contribution in [2.75, 3.05) is 13.1 Å². The van der Waals surface area contributed by atoms with Crippen molar-refractivity contribution >= 4 is 21.8 Å². The number of rotatable bonds is 1. The summed E-state index contributed by atoms with van der Waals surface area (Å²) >= 11 is 3.61. The average molecular weight is 314 g/mol. The van der Waals surface area contributed by atoms with Gasteiger partial charge in [-0.25, -0.2) is 4.39 Å². The third kappa shape index (κ3) is 2.74. The number of hydrogen-bond donors (Lipinski definition) is 0. The van der Waals surface area contributed by atoms with Gasteiger partial charge in [-0.2, -0.15) is 0 Å². The van der Waals surface area contributed by atoms with E-state index in [1.54, 1.807) is 19.1 Å². The Morgan fingerprint density at radius 3 is 2.83 bits per heavy atom. The number of likely N-dealkylation sites (tertiary alicyclic amines) is 1. The van der Waals surface area contributed by atoms with Gasteiger partial charge in [-0.15, -0.1) is 0 Å². The van der Waals surface area contributed by atoms with Crippen molar-refractivity contribution in [3.63, 3.8) is 0 Å². The van der Waals surface area contributed by atoms with Gasteiger partial charge in [0.25, 0.3) is 5.91 Å². The number of carbonyl (C=O) groups is 1. The second kappa shape index (κ2) is 5.39. The van der Waals surface area contributed by atoms with E-state index in [2.05, 4.69) is 22.9 Å². The molecule has 1 aromatic carbocycles. The van der Waals surface area contributed by atoms with Gasteiger partial charge in [-0.3, -0.25) is 4.79 Å². The molecule has 0 aliphatic carbocycles. The molecule has 2 atom stereocenters. The lowest BCUT2D eigenvalue weighted by Gasteiger charge is -2.34. The van der Waals surface area contributed by atoms with Crippen molar-refractivity contribution in [3.05, 3.63) is 35.1 Å². The first-order valence-electron chi connectivity index (χ1n) is 6.18. The van der Waals surface area contributed by atoms with Gasteiger partial charge < -0.3 is 4.90 Å². The van der Waals surface area contributed by atoms with Crippen LogP contribution in [0.5, 0.6) is 0 Å². The number of aryl methyl sites for hydroxylation is 1. The highest BCUT2D eigenvalue weighted by Gasteiger charge is 2.27. The van der Waals surface area contributed by atoms with Gasteiger partial charge in [-0.05, 0) is 37.0 Å². The first-order valence-corrected chi connectivity index (χ1v) is 7.10. The molecule has 0 spiro atoms. The molecule has 2 nitrogen and oxygen atoms in total. The summed E-state index contributed by atoms with van der Waals surface area (Å²) in [6.45, 7) is 5.27. The summed E-state index contributed by atoms with van der Waals surface area (Å²) in [7, 11) is 0. The van der Waals surface area contributed by atoms with Crippen molar-refractivity contribution in [2.24, 2.45) is 5.92 Å². The standard InChI is InChI=1S/C14H17BrFNO/c1-9-3-4-11(7-13(9)16)14(18)17-6-5-12(15)10(2)8-17/h3-4,7,10,12H,5-6,8H2,1-2H3. The molecular weight excluding hydrogens is 297 g/mol. The zero-order chi connectivity index (χ0) is 13.3. The smallest absolute Gasteiger partial charge is 0.253 e. The fourth-order valence-electron chi connectivity index (χ4n) is 2.21. The van der Waals surface area contributed by atoms with E-state index in [1.165, 1.54) is 6.07 Å². The topological polar surface area (TPSA) is 20.3 Å². The molecule has 0 radical (unpaired) electrons. The van der Waals surface area contributed by atoms with Crippen LogP contribution in [0.4, 0.5) is 4.39 Å². The van der Waals surface area contributed by atoms with Gasteiger partial charge >= 0.3 is 0 Å². The third-order valence-corrected chi connectivity index (χ3v) is 4.87. The molecule has 1 heterocycles. The van der Waals surface area contributed by atoms with E-state index in [4.69, 9.17) is 0 Å². The maximum absolute atomic E-state index is 13.5. The predicted molar refractivity (Wildman–Crippen MR) is 73.5 cm³/mol. The second-order valence-electron chi connectivity index (χ2n) is 5.00. The minimum atomic E-state index is -0.315. The van der Waals surface area contributed by atoms with E-state index >= 15 is 0 Å². The maximum atomic E-state index is 13.5. The van der Waals surface area contributed by atoms with E-state index in [0.29, 0.717) is 21.9 Å². The molecule has 2 unspecified atom stereocenters. The number of halogens is 2. The zero-order valence-corrected chi connectivity index (χ0v) is 12.2. The maximum Gasteiger partial charge on any atom is 0.253 e. The molecule has 1 aliphatic rings. The Morgan fingerprint density at radius 2 is 2.22 bits per heavy atom. The molecule has 98 valence electrons. The van der Waals surface area contributed by atoms with Crippen molar-refractivity contribution in [3.8, 4) is 0 Å². The Hall–Kier alpha value is -0.900. The molecular formula is C14H17BrFNO. The number of hydrogen-bond acceptors (Lipinski definition) is 1. The Kier molecular flexibility index (Phi) is 4.05. The SMILES string of the molecule is Cc1ccc(C(=O)N2CCC(Br)C(C)C2)cc1F. The van der Waals surface area contributed by atoms with Crippen LogP contribution in [0.3, 0.4) is 0 Å².